The molecule has 0 aliphatic rings. The van der Waals surface area contributed by atoms with Crippen LogP contribution in [-0.4, -0.2) is 32.9 Å². The Hall–Kier alpha value is -5.42. The molecule has 4 N–H and O–H groups in total. The Morgan fingerprint density at radius 3 is 2.66 bits per heavy atom. The van der Waals surface area contributed by atoms with Gasteiger partial charge in [-0.1, -0.05) is 18.2 Å². The summed E-state index contributed by atoms with van der Waals surface area (Å²) in [6, 6.07) is 14.4. The van der Waals surface area contributed by atoms with Gasteiger partial charge in [0.2, 0.25) is 5.96 Å². The number of rotatable bonds is 10. The van der Waals surface area contributed by atoms with Crippen LogP contribution < -0.4 is 21.3 Å². The topological polar surface area (TPSA) is 132 Å². The molecule has 2 aromatic carbocycles. The van der Waals surface area contributed by atoms with Crippen LogP contribution in [0.4, 0.5) is 30.2 Å². The van der Waals surface area contributed by atoms with Gasteiger partial charge in [0, 0.05) is 55.0 Å². The number of nitrogens with one attached hydrogen (secondary N) is 4. The molecule has 44 heavy (non-hydrogen) atoms. The normalized spacial score (nSPS) is 11.6. The number of aryl methyl sites for hydroxylation is 1. The highest BCUT2D eigenvalue weighted by molar-refractivity contribution is 7.12. The van der Waals surface area contributed by atoms with Gasteiger partial charge < -0.3 is 20.5 Å². The number of carbonyl (C=O) groups is 1. The van der Waals surface area contributed by atoms with Crippen molar-refractivity contribution in [1.82, 2.24) is 19.9 Å². The number of guanidine groups is 1. The van der Waals surface area contributed by atoms with Crippen molar-refractivity contribution >= 4 is 51.2 Å². The number of hydrogen-bond donors (Lipinski definition) is 4. The SMILES string of the molecule is N#CNC(=NCCCn1ccnc1)Nc1cc(NC(=O)c2sccc2NCc2ccnc3ccccc23)cc(C(F)(F)F)c1. The van der Waals surface area contributed by atoms with Gasteiger partial charge in [-0.25, -0.2) is 4.98 Å². The van der Waals surface area contributed by atoms with E-state index >= 15 is 0 Å². The van der Waals surface area contributed by atoms with E-state index < -0.39 is 17.6 Å². The number of carbonyl (C=O) groups excluding carboxylic acids is 1. The number of imidazole rings is 1. The molecule has 0 bridgehead atoms. The fourth-order valence-electron chi connectivity index (χ4n) is 4.41. The lowest BCUT2D eigenvalue weighted by atomic mass is 10.1. The van der Waals surface area contributed by atoms with Crippen molar-refractivity contribution in [2.75, 3.05) is 22.5 Å². The number of nitrogens with zero attached hydrogens (tertiary/aromatic N) is 5. The van der Waals surface area contributed by atoms with Crippen LogP contribution in [0.15, 0.2) is 89.9 Å². The average molecular weight is 618 g/mol. The molecule has 1 amide bonds. The highest BCUT2D eigenvalue weighted by atomic mass is 32.1. The van der Waals surface area contributed by atoms with Gasteiger partial charge in [0.05, 0.1) is 23.1 Å². The largest absolute Gasteiger partial charge is 0.416 e. The smallest absolute Gasteiger partial charge is 0.380 e. The van der Waals surface area contributed by atoms with Crippen molar-refractivity contribution in [1.29, 1.82) is 5.26 Å². The van der Waals surface area contributed by atoms with Gasteiger partial charge in [0.1, 0.15) is 4.88 Å². The van der Waals surface area contributed by atoms with Crippen LogP contribution in [0, 0.1) is 11.5 Å². The number of hydrogen-bond acceptors (Lipinski definition) is 7. The van der Waals surface area contributed by atoms with E-state index in [9.17, 15) is 18.0 Å². The number of pyridine rings is 1. The number of benzene rings is 2. The molecule has 224 valence electrons. The Kier molecular flexibility index (Phi) is 9.36. The number of aromatic nitrogens is 3. The molecule has 0 unspecified atom stereocenters. The molecule has 3 heterocycles. The van der Waals surface area contributed by atoms with E-state index in [-0.39, 0.29) is 17.3 Å². The maximum Gasteiger partial charge on any atom is 0.416 e. The fraction of sp³-hybridized carbons (Fsp3) is 0.167. The first-order valence-corrected chi connectivity index (χ1v) is 14.3. The van der Waals surface area contributed by atoms with Crippen LogP contribution in [0.2, 0.25) is 0 Å². The maximum atomic E-state index is 13.8. The van der Waals surface area contributed by atoms with Gasteiger partial charge in [-0.3, -0.25) is 20.1 Å². The predicted octanol–water partition coefficient (Wildman–Crippen LogP) is 6.30. The Labute approximate surface area is 254 Å². The molecule has 10 nitrogen and oxygen atoms in total. The standard InChI is InChI=1S/C30H26F3N9OS/c31-30(32,33)21-14-22(16-23(15-21)41-29(39-18-34)37-8-3-11-42-12-10-35-19-42)40-28(43)27-26(7-13-44-27)38-17-20-6-9-36-25-5-2-1-4-24(20)25/h1-2,4-7,9-10,12-16,19,38H,3,8,11,17H2,(H,40,43)(H2,37,39,41). The predicted molar refractivity (Wildman–Crippen MR) is 164 cm³/mol. The summed E-state index contributed by atoms with van der Waals surface area (Å²) in [4.78, 5) is 26.1. The second-order valence-electron chi connectivity index (χ2n) is 9.50. The lowest BCUT2D eigenvalue weighted by Crippen LogP contribution is -2.27. The average Bonchev–Trinajstić information content (AvgIpc) is 3.70. The number of thiophene rings is 1. The summed E-state index contributed by atoms with van der Waals surface area (Å²) in [5.74, 6) is -0.598. The van der Waals surface area contributed by atoms with Crippen LogP contribution in [0.25, 0.3) is 10.9 Å². The zero-order chi connectivity index (χ0) is 30.9. The summed E-state index contributed by atoms with van der Waals surface area (Å²) < 4.78 is 43.3. The Balaban J connectivity index is 1.30. The highest BCUT2D eigenvalue weighted by Gasteiger charge is 2.31. The first-order chi connectivity index (χ1) is 21.3. The van der Waals surface area contributed by atoms with Crippen molar-refractivity contribution in [2.45, 2.75) is 25.7 Å². The van der Waals surface area contributed by atoms with E-state index in [1.54, 1.807) is 42.6 Å². The van der Waals surface area contributed by atoms with Gasteiger partial charge >= 0.3 is 6.18 Å². The van der Waals surface area contributed by atoms with Gasteiger partial charge in [0.15, 0.2) is 6.19 Å². The number of alkyl halides is 3. The lowest BCUT2D eigenvalue weighted by molar-refractivity contribution is -0.137. The van der Waals surface area contributed by atoms with Crippen LogP contribution in [0.3, 0.4) is 0 Å². The zero-order valence-electron chi connectivity index (χ0n) is 23.1. The summed E-state index contributed by atoms with van der Waals surface area (Å²) in [6.07, 6.45) is 4.47. The fourth-order valence-corrected chi connectivity index (χ4v) is 5.18. The zero-order valence-corrected chi connectivity index (χ0v) is 23.9. The molecule has 0 radical (unpaired) electrons. The third kappa shape index (κ3) is 7.69. The Bertz CT molecular complexity index is 1810. The van der Waals surface area contributed by atoms with Crippen molar-refractivity contribution in [2.24, 2.45) is 4.99 Å². The second-order valence-corrected chi connectivity index (χ2v) is 10.4. The molecule has 0 saturated carbocycles. The number of aliphatic imine (C=N–C) groups is 1. The molecule has 0 fully saturated rings. The van der Waals surface area contributed by atoms with Crippen LogP contribution in [0.1, 0.15) is 27.2 Å². The maximum absolute atomic E-state index is 13.8. The third-order valence-electron chi connectivity index (χ3n) is 6.44. The molecular formula is C30H26F3N9OS. The summed E-state index contributed by atoms with van der Waals surface area (Å²) in [6.45, 7) is 1.33. The molecule has 0 saturated heterocycles. The number of nitriles is 1. The van der Waals surface area contributed by atoms with Crippen LogP contribution >= 0.6 is 11.3 Å². The van der Waals surface area contributed by atoms with Crippen molar-refractivity contribution in [3.8, 4) is 6.19 Å². The summed E-state index contributed by atoms with van der Waals surface area (Å²) in [7, 11) is 0. The van der Waals surface area contributed by atoms with E-state index in [2.05, 4.69) is 36.2 Å². The summed E-state index contributed by atoms with van der Waals surface area (Å²) >= 11 is 1.16. The van der Waals surface area contributed by atoms with Crippen molar-refractivity contribution < 1.29 is 18.0 Å². The minimum Gasteiger partial charge on any atom is -0.380 e. The lowest BCUT2D eigenvalue weighted by Gasteiger charge is -2.15. The third-order valence-corrected chi connectivity index (χ3v) is 7.35. The second kappa shape index (κ2) is 13.7. The number of para-hydroxylation sites is 1. The van der Waals surface area contributed by atoms with Gasteiger partial charge in [-0.15, -0.1) is 11.3 Å². The first-order valence-electron chi connectivity index (χ1n) is 13.4. The molecule has 0 aliphatic carbocycles. The van der Waals surface area contributed by atoms with Gasteiger partial charge in [-0.2, -0.15) is 18.4 Å². The molecule has 3 aromatic heterocycles. The van der Waals surface area contributed by atoms with E-state index in [0.717, 1.165) is 39.9 Å². The van der Waals surface area contributed by atoms with Crippen molar-refractivity contribution in [3.05, 3.63) is 101 Å². The van der Waals surface area contributed by atoms with E-state index in [1.807, 2.05) is 34.9 Å². The Morgan fingerprint density at radius 1 is 1.07 bits per heavy atom. The molecule has 0 spiro atoms. The molecule has 14 heteroatoms. The van der Waals surface area contributed by atoms with E-state index in [0.29, 0.717) is 36.6 Å². The first kappa shape index (κ1) is 30.1. The van der Waals surface area contributed by atoms with Crippen LogP contribution in [-0.2, 0) is 19.3 Å². The molecule has 5 aromatic rings. The molecular weight excluding hydrogens is 591 g/mol. The van der Waals surface area contributed by atoms with Crippen molar-refractivity contribution in [3.63, 3.8) is 0 Å². The summed E-state index contributed by atoms with van der Waals surface area (Å²) in [5.41, 5.74) is 1.29. The number of amides is 1. The van der Waals surface area contributed by atoms with Gasteiger partial charge in [0.25, 0.3) is 5.91 Å². The van der Waals surface area contributed by atoms with Crippen LogP contribution in [0.5, 0.6) is 0 Å². The minimum atomic E-state index is -4.69. The van der Waals surface area contributed by atoms with E-state index in [1.165, 1.54) is 6.07 Å². The Morgan fingerprint density at radius 2 is 1.89 bits per heavy atom. The van der Waals surface area contributed by atoms with E-state index in [4.69, 9.17) is 5.26 Å². The number of halogens is 3. The monoisotopic (exact) mass is 617 g/mol. The van der Waals surface area contributed by atoms with Gasteiger partial charge in [-0.05, 0) is 53.8 Å². The molecule has 0 atom stereocenters. The quantitative estimate of drug-likeness (QED) is 0.0475. The number of anilines is 3. The number of fused-ring (bicyclic) bond motifs is 1. The summed E-state index contributed by atoms with van der Waals surface area (Å²) in [5, 5.41) is 22.8. The minimum absolute atomic E-state index is 0.0136. The highest BCUT2D eigenvalue weighted by Crippen LogP contribution is 2.34. The molecule has 0 aliphatic heterocycles. The molecule has 5 rings (SSSR count).